The monoisotopic (exact) mass is 442 g/mol. The lowest BCUT2D eigenvalue weighted by atomic mass is 10.1. The van der Waals surface area contributed by atoms with Crippen LogP contribution in [-0.2, 0) is 10.0 Å². The number of nitrogens with one attached hydrogen (secondary N) is 2. The fourth-order valence-corrected chi connectivity index (χ4v) is 4.27. The van der Waals surface area contributed by atoms with E-state index in [1.165, 1.54) is 12.1 Å². The number of sulfonamides is 1. The molecule has 140 valence electrons. The fourth-order valence-electron chi connectivity index (χ4n) is 3.01. The molecule has 0 saturated carbocycles. The van der Waals surface area contributed by atoms with Gasteiger partial charge in [-0.3, -0.25) is 4.72 Å². The first kappa shape index (κ1) is 19.1. The average Bonchev–Trinajstić information content (AvgIpc) is 2.56. The summed E-state index contributed by atoms with van der Waals surface area (Å²) in [5, 5.41) is 3.44. The van der Waals surface area contributed by atoms with Crippen molar-refractivity contribution < 1.29 is 12.8 Å². The Morgan fingerprint density at radius 1 is 1.23 bits per heavy atom. The Hall–Kier alpha value is -1.71. The number of nitrogens with zero attached hydrogens (tertiary/aromatic N) is 2. The van der Waals surface area contributed by atoms with E-state index < -0.39 is 15.8 Å². The Kier molecular flexibility index (Phi) is 5.50. The fraction of sp³-hybridized carbons (Fsp3) is 0.353. The highest BCUT2D eigenvalue weighted by Gasteiger charge is 2.23. The first-order chi connectivity index (χ1) is 12.2. The minimum Gasteiger partial charge on any atom is -0.353 e. The Bertz CT molecular complexity index is 899. The molecule has 0 spiro atoms. The van der Waals surface area contributed by atoms with Gasteiger partial charge >= 0.3 is 0 Å². The van der Waals surface area contributed by atoms with Gasteiger partial charge in [-0.05, 0) is 60.1 Å². The highest BCUT2D eigenvalue weighted by atomic mass is 79.9. The van der Waals surface area contributed by atoms with E-state index in [4.69, 9.17) is 0 Å². The first-order valence-corrected chi connectivity index (χ1v) is 10.5. The van der Waals surface area contributed by atoms with Crippen molar-refractivity contribution in [2.24, 2.45) is 0 Å². The van der Waals surface area contributed by atoms with E-state index >= 15 is 0 Å². The maximum absolute atomic E-state index is 13.7. The molecule has 0 bridgehead atoms. The van der Waals surface area contributed by atoms with Crippen LogP contribution in [0.2, 0.25) is 0 Å². The van der Waals surface area contributed by atoms with Crippen LogP contribution in [0.1, 0.15) is 13.8 Å². The van der Waals surface area contributed by atoms with Crippen LogP contribution in [-0.4, -0.2) is 38.6 Å². The maximum atomic E-state index is 13.7. The molecule has 0 radical (unpaired) electrons. The summed E-state index contributed by atoms with van der Waals surface area (Å²) < 4.78 is 41.3. The van der Waals surface area contributed by atoms with Crippen LogP contribution < -0.4 is 14.9 Å². The number of hydrogen-bond donors (Lipinski definition) is 2. The number of benzene rings is 1. The Balaban J connectivity index is 1.83. The summed E-state index contributed by atoms with van der Waals surface area (Å²) in [6.07, 6.45) is 0. The van der Waals surface area contributed by atoms with Crippen LogP contribution in [0.3, 0.4) is 0 Å². The molecule has 2 atom stereocenters. The lowest BCUT2D eigenvalue weighted by molar-refractivity contribution is 0.405. The third-order valence-electron chi connectivity index (χ3n) is 4.06. The molecule has 9 heteroatoms. The highest BCUT2D eigenvalue weighted by molar-refractivity contribution is 9.10. The molecule has 1 aliphatic heterocycles. The van der Waals surface area contributed by atoms with Crippen LogP contribution in [0.25, 0.3) is 0 Å². The lowest BCUT2D eigenvalue weighted by Crippen LogP contribution is -2.54. The van der Waals surface area contributed by atoms with Gasteiger partial charge in [-0.25, -0.2) is 17.8 Å². The van der Waals surface area contributed by atoms with Gasteiger partial charge in [0.1, 0.15) is 17.5 Å². The lowest BCUT2D eigenvalue weighted by Gasteiger charge is -2.37. The molecule has 1 aromatic heterocycles. The van der Waals surface area contributed by atoms with E-state index in [1.54, 1.807) is 12.1 Å². The average molecular weight is 443 g/mol. The topological polar surface area (TPSA) is 74.3 Å². The second-order valence-electron chi connectivity index (χ2n) is 6.44. The minimum absolute atomic E-state index is 0.158. The zero-order valence-electron chi connectivity index (χ0n) is 14.4. The summed E-state index contributed by atoms with van der Waals surface area (Å²) in [6.45, 7) is 5.76. The van der Waals surface area contributed by atoms with Crippen LogP contribution >= 0.6 is 15.9 Å². The van der Waals surface area contributed by atoms with Crippen molar-refractivity contribution in [3.05, 3.63) is 46.7 Å². The summed E-state index contributed by atoms with van der Waals surface area (Å²) >= 11 is 3.01. The summed E-state index contributed by atoms with van der Waals surface area (Å²) in [4.78, 5) is 6.38. The third kappa shape index (κ3) is 4.33. The van der Waals surface area contributed by atoms with Crippen molar-refractivity contribution >= 4 is 37.6 Å². The van der Waals surface area contributed by atoms with Crippen molar-refractivity contribution in [2.45, 2.75) is 30.8 Å². The zero-order valence-corrected chi connectivity index (χ0v) is 16.8. The number of aromatic nitrogens is 1. The minimum atomic E-state index is -3.93. The predicted octanol–water partition coefficient (Wildman–Crippen LogP) is 2.97. The van der Waals surface area contributed by atoms with Crippen LogP contribution in [0, 0.1) is 5.82 Å². The second kappa shape index (κ2) is 7.50. The van der Waals surface area contributed by atoms with Gasteiger partial charge in [0.25, 0.3) is 10.0 Å². The second-order valence-corrected chi connectivity index (χ2v) is 8.97. The number of halogens is 2. The summed E-state index contributed by atoms with van der Waals surface area (Å²) in [6, 6.07) is 9.46. The molecule has 1 saturated heterocycles. The molecular weight excluding hydrogens is 423 g/mol. The van der Waals surface area contributed by atoms with E-state index in [9.17, 15) is 12.8 Å². The quantitative estimate of drug-likeness (QED) is 0.760. The van der Waals surface area contributed by atoms with Crippen molar-refractivity contribution in [1.29, 1.82) is 0 Å². The molecule has 26 heavy (non-hydrogen) atoms. The summed E-state index contributed by atoms with van der Waals surface area (Å²) in [7, 11) is -3.93. The summed E-state index contributed by atoms with van der Waals surface area (Å²) in [5.74, 6) is 0.260. The molecule has 1 fully saturated rings. The van der Waals surface area contributed by atoms with Crippen molar-refractivity contribution in [3.8, 4) is 0 Å². The molecule has 3 rings (SSSR count). The number of anilines is 2. The van der Waals surface area contributed by atoms with E-state index in [0.29, 0.717) is 17.9 Å². The van der Waals surface area contributed by atoms with Gasteiger partial charge < -0.3 is 10.2 Å². The standard InChI is InChI=1S/C17H20BrFN4O2S/c1-11-9-23(10-12(2)20-11)17-5-3-4-16(21-17)22-26(24,25)13-6-7-14(18)15(19)8-13/h3-8,11-12,20H,9-10H2,1-2H3,(H,21,22). The van der Waals surface area contributed by atoms with Crippen molar-refractivity contribution in [2.75, 3.05) is 22.7 Å². The Labute approximate surface area is 161 Å². The summed E-state index contributed by atoms with van der Waals surface area (Å²) in [5.41, 5.74) is 0. The normalized spacial score (nSPS) is 20.8. The maximum Gasteiger partial charge on any atom is 0.263 e. The van der Waals surface area contributed by atoms with Crippen molar-refractivity contribution in [3.63, 3.8) is 0 Å². The molecule has 2 N–H and O–H groups in total. The molecule has 0 amide bonds. The molecule has 1 aromatic carbocycles. The van der Waals surface area contributed by atoms with Gasteiger partial charge in [0, 0.05) is 25.2 Å². The number of rotatable bonds is 4. The van der Waals surface area contributed by atoms with Gasteiger partial charge in [-0.1, -0.05) is 6.07 Å². The zero-order chi connectivity index (χ0) is 18.9. The van der Waals surface area contributed by atoms with Crippen molar-refractivity contribution in [1.82, 2.24) is 10.3 Å². The SMILES string of the molecule is CC1CN(c2cccc(NS(=O)(=O)c3ccc(Br)c(F)c3)n2)CC(C)N1. The van der Waals surface area contributed by atoms with Gasteiger partial charge in [0.2, 0.25) is 0 Å². The smallest absolute Gasteiger partial charge is 0.263 e. The van der Waals surface area contributed by atoms with Gasteiger partial charge in [0.15, 0.2) is 0 Å². The molecule has 2 unspecified atom stereocenters. The molecule has 2 aromatic rings. The molecule has 6 nitrogen and oxygen atoms in total. The van der Waals surface area contributed by atoms with Gasteiger partial charge in [-0.2, -0.15) is 0 Å². The first-order valence-electron chi connectivity index (χ1n) is 8.20. The molecular formula is C17H20BrFN4O2S. The number of piperazine rings is 1. The predicted molar refractivity (Wildman–Crippen MR) is 103 cm³/mol. The highest BCUT2D eigenvalue weighted by Crippen LogP contribution is 2.23. The molecule has 2 heterocycles. The number of pyridine rings is 1. The van der Waals surface area contributed by atoms with Crippen LogP contribution in [0.15, 0.2) is 45.8 Å². The number of hydrogen-bond acceptors (Lipinski definition) is 5. The van der Waals surface area contributed by atoms with Gasteiger partial charge in [0.05, 0.1) is 9.37 Å². The van der Waals surface area contributed by atoms with E-state index in [0.717, 1.165) is 19.2 Å². The van der Waals surface area contributed by atoms with E-state index in [1.807, 2.05) is 6.07 Å². The molecule has 1 aliphatic rings. The largest absolute Gasteiger partial charge is 0.353 e. The van der Waals surface area contributed by atoms with E-state index in [-0.39, 0.29) is 15.2 Å². The molecule has 0 aliphatic carbocycles. The van der Waals surface area contributed by atoms with Crippen LogP contribution in [0.5, 0.6) is 0 Å². The Morgan fingerprint density at radius 3 is 2.58 bits per heavy atom. The Morgan fingerprint density at radius 2 is 1.92 bits per heavy atom. The van der Waals surface area contributed by atoms with Crippen LogP contribution in [0.4, 0.5) is 16.0 Å². The van der Waals surface area contributed by atoms with E-state index in [2.05, 4.69) is 49.7 Å². The van der Waals surface area contributed by atoms with Gasteiger partial charge in [-0.15, -0.1) is 0 Å². The third-order valence-corrected chi connectivity index (χ3v) is 6.05.